The molecule has 10 aromatic rings. The third-order valence-corrected chi connectivity index (χ3v) is 9.19. The van der Waals surface area contributed by atoms with Crippen molar-refractivity contribution >= 4 is 54.3 Å². The maximum Gasteiger partial charge on any atom is 0.136 e. The summed E-state index contributed by atoms with van der Waals surface area (Å²) in [6.45, 7) is 0. The van der Waals surface area contributed by atoms with Crippen LogP contribution >= 0.6 is 0 Å². The van der Waals surface area contributed by atoms with E-state index in [1.165, 1.54) is 0 Å². The predicted molar refractivity (Wildman–Crippen MR) is 208 cm³/mol. The predicted octanol–water partition coefficient (Wildman–Crippen LogP) is 13.7. The van der Waals surface area contributed by atoms with Crippen LogP contribution in [0.3, 0.4) is 0 Å². The van der Waals surface area contributed by atoms with Gasteiger partial charge in [0.1, 0.15) is 11.2 Å². The molecule has 0 atom stereocenters. The van der Waals surface area contributed by atoms with Gasteiger partial charge < -0.3 is 4.42 Å². The fraction of sp³-hybridized carbons (Fsp3) is 0. The third kappa shape index (κ3) is 4.40. The molecule has 228 valence electrons. The van der Waals surface area contributed by atoms with Crippen molar-refractivity contribution in [3.8, 4) is 44.5 Å². The first-order chi connectivity index (χ1) is 29.7. The van der Waals surface area contributed by atoms with Gasteiger partial charge >= 0.3 is 0 Å². The van der Waals surface area contributed by atoms with Gasteiger partial charge in [0, 0.05) is 10.8 Å². The highest BCUT2D eigenvalue weighted by Crippen LogP contribution is 2.45. The Kier molecular flexibility index (Phi) is 3.99. The maximum absolute atomic E-state index is 9.29. The minimum Gasteiger partial charge on any atom is -0.456 e. The van der Waals surface area contributed by atoms with E-state index in [2.05, 4.69) is 30.3 Å². The quantitative estimate of drug-likeness (QED) is 0.175. The Labute approximate surface area is 302 Å². The van der Waals surface area contributed by atoms with Crippen LogP contribution in [0.25, 0.3) is 98.8 Å². The molecule has 9 aromatic carbocycles. The van der Waals surface area contributed by atoms with Crippen LogP contribution in [0.15, 0.2) is 186 Å². The summed E-state index contributed by atoms with van der Waals surface area (Å²) in [7, 11) is 0. The first-order valence-corrected chi connectivity index (χ1v) is 15.8. The van der Waals surface area contributed by atoms with E-state index in [0.29, 0.717) is 22.3 Å². The van der Waals surface area contributed by atoms with E-state index in [9.17, 15) is 5.48 Å². The molecular weight excluding hydrogens is 593 g/mol. The lowest BCUT2D eigenvalue weighted by atomic mass is 9.85. The minimum absolute atomic E-state index is 0.0662. The fourth-order valence-electron chi connectivity index (χ4n) is 7.08. The summed E-state index contributed by atoms with van der Waals surface area (Å²) in [5.41, 5.74) is 4.46. The van der Waals surface area contributed by atoms with E-state index in [-0.39, 0.29) is 32.7 Å². The van der Waals surface area contributed by atoms with Gasteiger partial charge in [0.05, 0.1) is 17.8 Å². The summed E-state index contributed by atoms with van der Waals surface area (Å²) in [4.78, 5) is 0. The molecule has 1 heteroatoms. The molecule has 0 radical (unpaired) electrons. The van der Waals surface area contributed by atoms with E-state index < -0.39 is 84.1 Å². The largest absolute Gasteiger partial charge is 0.456 e. The van der Waals surface area contributed by atoms with Gasteiger partial charge in [0.25, 0.3) is 0 Å². The monoisotopic (exact) mass is 635 g/mol. The van der Waals surface area contributed by atoms with Crippen molar-refractivity contribution < 1.29 is 22.2 Å². The highest BCUT2D eigenvalue weighted by Gasteiger charge is 2.18. The van der Waals surface area contributed by atoms with E-state index in [4.69, 9.17) is 16.8 Å². The molecule has 0 saturated carbocycles. The van der Waals surface area contributed by atoms with Gasteiger partial charge in [-0.2, -0.15) is 0 Å². The topological polar surface area (TPSA) is 13.1 Å². The number of hydrogen-bond donors (Lipinski definition) is 0. The van der Waals surface area contributed by atoms with E-state index >= 15 is 0 Å². The maximum atomic E-state index is 9.29. The molecule has 0 aliphatic rings. The van der Waals surface area contributed by atoms with Crippen molar-refractivity contribution in [2.24, 2.45) is 0 Å². The first kappa shape index (κ1) is 17.6. The van der Waals surface area contributed by atoms with Crippen LogP contribution in [0.5, 0.6) is 0 Å². The number of benzene rings is 9. The Morgan fingerprint density at radius 2 is 0.959 bits per heavy atom. The average molecular weight is 636 g/mol. The summed E-state index contributed by atoms with van der Waals surface area (Å²) < 4.78 is 121. The summed E-state index contributed by atoms with van der Waals surface area (Å²) in [6, 6.07) is 24.9. The molecule has 49 heavy (non-hydrogen) atoms. The van der Waals surface area contributed by atoms with Gasteiger partial charge in [-0.25, -0.2) is 0 Å². The van der Waals surface area contributed by atoms with Crippen LogP contribution in [0.2, 0.25) is 0 Å². The Hall–Kier alpha value is -6.44. The number of fused-ring (bicyclic) bond motifs is 6. The molecule has 0 bridgehead atoms. The van der Waals surface area contributed by atoms with Crippen molar-refractivity contribution in [3.05, 3.63) is 182 Å². The zero-order valence-corrected chi connectivity index (χ0v) is 25.7. The van der Waals surface area contributed by atoms with E-state index in [1.807, 2.05) is 54.6 Å². The van der Waals surface area contributed by atoms with Crippen molar-refractivity contribution in [1.29, 1.82) is 0 Å². The Morgan fingerprint density at radius 1 is 0.367 bits per heavy atom. The van der Waals surface area contributed by atoms with Crippen LogP contribution in [0.4, 0.5) is 0 Å². The smallest absolute Gasteiger partial charge is 0.136 e. The molecule has 0 N–H and O–H groups in total. The SMILES string of the molecule is [2H]c1c([2H])c([2H])c(-c2c3c([2H])c([2H])c([2H])c([2H])c3c(-c3cccc(-c4ccc5c(c4)oc4cccc(-c6cccc7ccccc67)c45)c3)c3c([2H])c([2H])c([2H])c([2H])c23)c([2H])c1[2H]. The summed E-state index contributed by atoms with van der Waals surface area (Å²) in [5.74, 6) is 0. The fourth-order valence-corrected chi connectivity index (χ4v) is 7.08. The molecular formula is C48H30O. The standard InChI is InChI=1S/C48H30O/c1-2-14-32(15-3-1)46-39-20-6-8-22-41(39)47(42-23-9-7-21-40(42)46)35-18-10-17-33(29-35)34-27-28-43-45(30-34)49-44-26-12-25-38(48(43)44)37-24-11-16-31-13-4-5-19-36(31)37/h1-30H/i1D,2D,3D,6D,7D,8D,9D,14D,15D,20D,21D,22D,23D. The Bertz CT molecular complexity index is 3510. The van der Waals surface area contributed by atoms with Crippen LogP contribution < -0.4 is 0 Å². The Morgan fingerprint density at radius 3 is 1.73 bits per heavy atom. The van der Waals surface area contributed by atoms with Crippen LogP contribution in [0.1, 0.15) is 17.8 Å². The third-order valence-electron chi connectivity index (χ3n) is 9.19. The second-order valence-corrected chi connectivity index (χ2v) is 11.8. The molecule has 1 nitrogen and oxygen atoms in total. The lowest BCUT2D eigenvalue weighted by Crippen LogP contribution is -1.91. The second-order valence-electron chi connectivity index (χ2n) is 11.8. The normalized spacial score (nSPS) is 15.4. The molecule has 10 rings (SSSR count). The number of hydrogen-bond acceptors (Lipinski definition) is 1. The summed E-state index contributed by atoms with van der Waals surface area (Å²) in [5, 5.41) is 3.31. The molecule has 0 fully saturated rings. The molecule has 0 spiro atoms. The molecule has 1 heterocycles. The van der Waals surface area contributed by atoms with Gasteiger partial charge in [0.2, 0.25) is 0 Å². The second kappa shape index (κ2) is 11.1. The van der Waals surface area contributed by atoms with Gasteiger partial charge in [-0.3, -0.25) is 0 Å². The van der Waals surface area contributed by atoms with Crippen LogP contribution in [0, 0.1) is 0 Å². The van der Waals surface area contributed by atoms with Crippen LogP contribution in [-0.4, -0.2) is 0 Å². The van der Waals surface area contributed by atoms with E-state index in [0.717, 1.165) is 38.2 Å². The average Bonchev–Trinajstić information content (AvgIpc) is 3.67. The van der Waals surface area contributed by atoms with Gasteiger partial charge in [-0.05, 0) is 101 Å². The van der Waals surface area contributed by atoms with Crippen molar-refractivity contribution in [2.45, 2.75) is 0 Å². The summed E-state index contributed by atoms with van der Waals surface area (Å²) >= 11 is 0. The number of rotatable bonds is 4. The molecule has 0 aliphatic carbocycles. The minimum atomic E-state index is -0.716. The summed E-state index contributed by atoms with van der Waals surface area (Å²) in [6.07, 6.45) is 0. The Balaban J connectivity index is 1.27. The highest BCUT2D eigenvalue weighted by molar-refractivity contribution is 6.21. The number of furan rings is 1. The van der Waals surface area contributed by atoms with E-state index in [1.54, 1.807) is 18.2 Å². The van der Waals surface area contributed by atoms with Gasteiger partial charge in [-0.15, -0.1) is 0 Å². The zero-order valence-electron chi connectivity index (χ0n) is 38.7. The van der Waals surface area contributed by atoms with Crippen LogP contribution in [-0.2, 0) is 0 Å². The van der Waals surface area contributed by atoms with Crippen molar-refractivity contribution in [1.82, 2.24) is 0 Å². The lowest BCUT2D eigenvalue weighted by molar-refractivity contribution is 0.669. The molecule has 0 unspecified atom stereocenters. The molecule has 0 aliphatic heterocycles. The highest BCUT2D eigenvalue weighted by atomic mass is 16.3. The van der Waals surface area contributed by atoms with Crippen molar-refractivity contribution in [2.75, 3.05) is 0 Å². The first-order valence-electron chi connectivity index (χ1n) is 22.3. The van der Waals surface area contributed by atoms with Gasteiger partial charge in [-0.1, -0.05) is 157 Å². The molecule has 0 amide bonds. The molecule has 0 saturated heterocycles. The zero-order chi connectivity index (χ0) is 43.6. The van der Waals surface area contributed by atoms with Crippen molar-refractivity contribution in [3.63, 3.8) is 0 Å². The van der Waals surface area contributed by atoms with Gasteiger partial charge in [0.15, 0.2) is 0 Å². The lowest BCUT2D eigenvalue weighted by Gasteiger charge is -2.18. The molecule has 1 aromatic heterocycles.